The summed E-state index contributed by atoms with van der Waals surface area (Å²) in [6, 6.07) is 16.2. The number of ether oxygens (including phenoxy) is 1. The quantitative estimate of drug-likeness (QED) is 0.364. The van der Waals surface area contributed by atoms with Crippen LogP contribution in [0, 0.1) is 0 Å². The van der Waals surface area contributed by atoms with Gasteiger partial charge in [0.2, 0.25) is 15.9 Å². The first kappa shape index (κ1) is 23.5. The van der Waals surface area contributed by atoms with Crippen LogP contribution in [0.2, 0.25) is 0 Å². The highest BCUT2D eigenvalue weighted by Gasteiger charge is 2.17. The summed E-state index contributed by atoms with van der Waals surface area (Å²) in [6.07, 6.45) is 6.48. The van der Waals surface area contributed by atoms with Crippen molar-refractivity contribution in [1.82, 2.24) is 9.71 Å². The summed E-state index contributed by atoms with van der Waals surface area (Å²) in [7, 11) is -0.967. The monoisotopic (exact) mass is 469 g/mol. The molecule has 166 valence electrons. The van der Waals surface area contributed by atoms with Gasteiger partial charge in [0.15, 0.2) is 0 Å². The van der Waals surface area contributed by atoms with Crippen molar-refractivity contribution in [3.05, 3.63) is 84.2 Å². The van der Waals surface area contributed by atoms with E-state index < -0.39 is 10.0 Å². The molecule has 1 amide bonds. The molecule has 7 nitrogen and oxygen atoms in total. The molecule has 0 radical (unpaired) electrons. The third-order valence-electron chi connectivity index (χ3n) is 4.42. The van der Waals surface area contributed by atoms with Crippen molar-refractivity contribution >= 4 is 39.5 Å². The second-order valence-corrected chi connectivity index (χ2v) is 9.52. The first-order valence-corrected chi connectivity index (χ1v) is 12.1. The van der Waals surface area contributed by atoms with Crippen molar-refractivity contribution in [2.75, 3.05) is 19.5 Å². The molecule has 0 atom stereocenters. The van der Waals surface area contributed by atoms with Gasteiger partial charge in [0.05, 0.1) is 7.11 Å². The summed E-state index contributed by atoms with van der Waals surface area (Å²) in [5.74, 6) is 0.715. The zero-order valence-corrected chi connectivity index (χ0v) is 19.2. The van der Waals surface area contributed by atoms with E-state index in [1.807, 2.05) is 42.6 Å². The summed E-state index contributed by atoms with van der Waals surface area (Å²) < 4.78 is 31.7. The minimum Gasteiger partial charge on any atom is -0.495 e. The molecule has 0 saturated heterocycles. The Kier molecular flexibility index (Phi) is 8.04. The van der Waals surface area contributed by atoms with Gasteiger partial charge in [-0.1, -0.05) is 12.1 Å². The van der Waals surface area contributed by atoms with Crippen molar-refractivity contribution in [3.63, 3.8) is 0 Å². The number of nitrogens with zero attached hydrogens (tertiary/aromatic N) is 1. The van der Waals surface area contributed by atoms with Crippen LogP contribution in [0.5, 0.6) is 5.75 Å². The Hall–Kier alpha value is -3.14. The Morgan fingerprint density at radius 3 is 2.59 bits per heavy atom. The van der Waals surface area contributed by atoms with Gasteiger partial charge in [0.1, 0.15) is 10.6 Å². The predicted octanol–water partition coefficient (Wildman–Crippen LogP) is 3.94. The lowest BCUT2D eigenvalue weighted by Gasteiger charge is -2.09. The molecule has 0 aliphatic carbocycles. The molecule has 0 bridgehead atoms. The second-order valence-electron chi connectivity index (χ2n) is 6.61. The maximum atomic E-state index is 12.3. The molecule has 9 heteroatoms. The Balaban J connectivity index is 1.61. The van der Waals surface area contributed by atoms with Crippen LogP contribution < -0.4 is 14.8 Å². The topological polar surface area (TPSA) is 97.4 Å². The fraction of sp³-hybridized carbons (Fsp3) is 0.130. The fourth-order valence-electron chi connectivity index (χ4n) is 2.76. The van der Waals surface area contributed by atoms with Crippen molar-refractivity contribution in [2.45, 2.75) is 15.5 Å². The van der Waals surface area contributed by atoms with Gasteiger partial charge in [0.25, 0.3) is 0 Å². The van der Waals surface area contributed by atoms with Crippen LogP contribution in [0.3, 0.4) is 0 Å². The lowest BCUT2D eigenvalue weighted by atomic mass is 10.2. The van der Waals surface area contributed by atoms with Gasteiger partial charge < -0.3 is 10.1 Å². The molecule has 0 fully saturated rings. The fourth-order valence-corrected chi connectivity index (χ4v) is 4.52. The number of carbonyl (C=O) groups excluding carboxylic acids is 1. The lowest BCUT2D eigenvalue weighted by Crippen LogP contribution is -2.19. The normalized spacial score (nSPS) is 11.4. The summed E-state index contributed by atoms with van der Waals surface area (Å²) in [5.41, 5.74) is 2.36. The van der Waals surface area contributed by atoms with E-state index in [1.165, 1.54) is 26.3 Å². The lowest BCUT2D eigenvalue weighted by molar-refractivity contribution is -0.111. The Morgan fingerprint density at radius 1 is 1.16 bits per heavy atom. The molecule has 0 aliphatic heterocycles. The van der Waals surface area contributed by atoms with E-state index in [-0.39, 0.29) is 16.6 Å². The molecule has 2 aromatic carbocycles. The maximum absolute atomic E-state index is 12.3. The Labute approximate surface area is 192 Å². The van der Waals surface area contributed by atoms with Crippen molar-refractivity contribution in [2.24, 2.45) is 0 Å². The van der Waals surface area contributed by atoms with Crippen LogP contribution in [0.1, 0.15) is 11.1 Å². The minimum absolute atomic E-state index is 0.00410. The molecular formula is C23H23N3O4S2. The number of hydrogen-bond donors (Lipinski definition) is 2. The van der Waals surface area contributed by atoms with E-state index in [4.69, 9.17) is 4.74 Å². The number of benzene rings is 2. The Morgan fingerprint density at radius 2 is 1.94 bits per heavy atom. The smallest absolute Gasteiger partial charge is 0.248 e. The van der Waals surface area contributed by atoms with Crippen LogP contribution in [0.4, 0.5) is 5.69 Å². The molecule has 32 heavy (non-hydrogen) atoms. The molecule has 0 aliphatic rings. The maximum Gasteiger partial charge on any atom is 0.248 e. The third-order valence-corrected chi connectivity index (χ3v) is 6.94. The molecule has 0 saturated carbocycles. The number of nitrogens with one attached hydrogen (secondary N) is 2. The zero-order valence-electron chi connectivity index (χ0n) is 17.6. The molecule has 3 aromatic rings. The third kappa shape index (κ3) is 6.43. The van der Waals surface area contributed by atoms with Gasteiger partial charge in [-0.05, 0) is 66.7 Å². The molecular weight excluding hydrogens is 446 g/mol. The highest BCUT2D eigenvalue weighted by molar-refractivity contribution is 7.98. The van der Waals surface area contributed by atoms with Gasteiger partial charge in [-0.2, -0.15) is 0 Å². The van der Waals surface area contributed by atoms with Crippen LogP contribution in [0.25, 0.3) is 6.08 Å². The number of amides is 1. The highest BCUT2D eigenvalue weighted by Crippen LogP contribution is 2.26. The molecule has 2 N–H and O–H groups in total. The van der Waals surface area contributed by atoms with E-state index in [0.717, 1.165) is 16.2 Å². The van der Waals surface area contributed by atoms with Gasteiger partial charge >= 0.3 is 0 Å². The van der Waals surface area contributed by atoms with Crippen LogP contribution in [-0.2, 0) is 20.6 Å². The highest BCUT2D eigenvalue weighted by atomic mass is 32.2. The van der Waals surface area contributed by atoms with Crippen molar-refractivity contribution < 1.29 is 17.9 Å². The van der Waals surface area contributed by atoms with Crippen LogP contribution >= 0.6 is 11.8 Å². The minimum atomic E-state index is -3.69. The average molecular weight is 470 g/mol. The molecule has 0 unspecified atom stereocenters. The summed E-state index contributed by atoms with van der Waals surface area (Å²) in [6.45, 7) is 0. The van der Waals surface area contributed by atoms with Gasteiger partial charge in [-0.25, -0.2) is 13.1 Å². The van der Waals surface area contributed by atoms with E-state index in [1.54, 1.807) is 36.2 Å². The van der Waals surface area contributed by atoms with Gasteiger partial charge in [-0.3, -0.25) is 9.78 Å². The zero-order chi connectivity index (χ0) is 23.0. The first-order chi connectivity index (χ1) is 15.4. The van der Waals surface area contributed by atoms with Crippen molar-refractivity contribution in [1.29, 1.82) is 0 Å². The number of thioether (sulfide) groups is 1. The van der Waals surface area contributed by atoms with E-state index in [0.29, 0.717) is 11.3 Å². The number of rotatable bonds is 9. The van der Waals surface area contributed by atoms with Crippen molar-refractivity contribution in [3.8, 4) is 5.75 Å². The molecule has 0 spiro atoms. The van der Waals surface area contributed by atoms with E-state index >= 15 is 0 Å². The number of pyridine rings is 1. The van der Waals surface area contributed by atoms with Gasteiger partial charge in [-0.15, -0.1) is 11.8 Å². The van der Waals surface area contributed by atoms with E-state index in [2.05, 4.69) is 15.0 Å². The summed E-state index contributed by atoms with van der Waals surface area (Å²) in [4.78, 5) is 17.5. The summed E-state index contributed by atoms with van der Waals surface area (Å²) in [5, 5.41) is 2.79. The first-order valence-electron chi connectivity index (χ1n) is 9.63. The van der Waals surface area contributed by atoms with Crippen LogP contribution in [-0.4, -0.2) is 33.5 Å². The number of anilines is 1. The van der Waals surface area contributed by atoms with E-state index in [9.17, 15) is 13.2 Å². The summed E-state index contributed by atoms with van der Waals surface area (Å²) >= 11 is 1.69. The average Bonchev–Trinajstić information content (AvgIpc) is 2.82. The largest absolute Gasteiger partial charge is 0.495 e. The molecule has 1 heterocycles. The SMILES string of the molecule is CNS(=O)(=O)c1cc(/C=C/C(=O)Nc2ccc(SCc3cccnc3)cc2)ccc1OC. The van der Waals surface area contributed by atoms with Gasteiger partial charge in [0, 0.05) is 34.8 Å². The standard InChI is InChI=1S/C23H23N3O4S2/c1-24-32(28,29)22-14-17(5-11-21(22)30-2)6-12-23(27)26-19-7-9-20(10-8-19)31-16-18-4-3-13-25-15-18/h3-15,24H,16H2,1-2H3,(H,26,27)/b12-6+. The number of sulfonamides is 1. The predicted molar refractivity (Wildman–Crippen MR) is 127 cm³/mol. The number of methoxy groups -OCH3 is 1. The van der Waals surface area contributed by atoms with Crippen LogP contribution in [0.15, 0.2) is 82.9 Å². The Bertz CT molecular complexity index is 1200. The molecule has 3 rings (SSSR count). The number of aromatic nitrogens is 1. The number of hydrogen-bond acceptors (Lipinski definition) is 6. The number of carbonyl (C=O) groups is 1. The molecule has 1 aromatic heterocycles. The second kappa shape index (κ2) is 10.9.